The SMILES string of the molecule is CCN(CC)C1CCN(C(=O)c2ccc(Br)nc2)C1. The summed E-state index contributed by atoms with van der Waals surface area (Å²) < 4.78 is 0.756. The van der Waals surface area contributed by atoms with Gasteiger partial charge < -0.3 is 4.90 Å². The zero-order valence-corrected chi connectivity index (χ0v) is 13.1. The molecule has 0 bridgehead atoms. The Hall–Kier alpha value is -0.940. The predicted molar refractivity (Wildman–Crippen MR) is 79.2 cm³/mol. The third-order valence-corrected chi connectivity index (χ3v) is 4.22. The predicted octanol–water partition coefficient (Wildman–Crippen LogP) is 2.40. The van der Waals surface area contributed by atoms with Gasteiger partial charge in [0.1, 0.15) is 4.60 Å². The Balaban J connectivity index is 2.00. The van der Waals surface area contributed by atoms with Crippen molar-refractivity contribution in [2.75, 3.05) is 26.2 Å². The van der Waals surface area contributed by atoms with Gasteiger partial charge >= 0.3 is 0 Å². The zero-order chi connectivity index (χ0) is 13.8. The summed E-state index contributed by atoms with van der Waals surface area (Å²) in [5, 5.41) is 0. The number of amides is 1. The minimum Gasteiger partial charge on any atom is -0.337 e. The van der Waals surface area contributed by atoms with Crippen LogP contribution in [-0.2, 0) is 0 Å². The van der Waals surface area contributed by atoms with E-state index in [2.05, 4.69) is 39.7 Å². The second-order valence-corrected chi connectivity index (χ2v) is 5.60. The molecular formula is C14H20BrN3O. The van der Waals surface area contributed by atoms with E-state index in [-0.39, 0.29) is 5.91 Å². The van der Waals surface area contributed by atoms with Crippen molar-refractivity contribution in [1.82, 2.24) is 14.8 Å². The van der Waals surface area contributed by atoms with E-state index < -0.39 is 0 Å². The molecule has 1 fully saturated rings. The number of likely N-dealkylation sites (N-methyl/N-ethyl adjacent to an activating group) is 1. The van der Waals surface area contributed by atoms with Gasteiger partial charge in [0.05, 0.1) is 5.56 Å². The largest absolute Gasteiger partial charge is 0.337 e. The Morgan fingerprint density at radius 2 is 2.21 bits per heavy atom. The molecular weight excluding hydrogens is 306 g/mol. The van der Waals surface area contributed by atoms with Crippen LogP contribution in [0.15, 0.2) is 22.9 Å². The average molecular weight is 326 g/mol. The normalized spacial score (nSPS) is 19.2. The Bertz CT molecular complexity index is 431. The molecule has 0 radical (unpaired) electrons. The molecule has 19 heavy (non-hydrogen) atoms. The van der Waals surface area contributed by atoms with Gasteiger partial charge in [0, 0.05) is 25.3 Å². The molecule has 1 saturated heterocycles. The summed E-state index contributed by atoms with van der Waals surface area (Å²) in [5.74, 6) is 0.0923. The Kier molecular flexibility index (Phi) is 4.93. The van der Waals surface area contributed by atoms with E-state index in [0.29, 0.717) is 11.6 Å². The van der Waals surface area contributed by atoms with Gasteiger partial charge in [-0.1, -0.05) is 13.8 Å². The number of hydrogen-bond donors (Lipinski definition) is 0. The number of hydrogen-bond acceptors (Lipinski definition) is 3. The van der Waals surface area contributed by atoms with E-state index in [1.54, 1.807) is 6.20 Å². The zero-order valence-electron chi connectivity index (χ0n) is 11.5. The second-order valence-electron chi connectivity index (χ2n) is 4.78. The van der Waals surface area contributed by atoms with Crippen molar-refractivity contribution in [3.05, 3.63) is 28.5 Å². The molecule has 1 unspecified atom stereocenters. The first-order chi connectivity index (χ1) is 9.15. The van der Waals surface area contributed by atoms with Gasteiger partial charge in [-0.3, -0.25) is 9.69 Å². The fourth-order valence-electron chi connectivity index (χ4n) is 2.65. The minimum absolute atomic E-state index is 0.0923. The van der Waals surface area contributed by atoms with Gasteiger partial charge in [-0.2, -0.15) is 0 Å². The summed E-state index contributed by atoms with van der Waals surface area (Å²) in [6.45, 7) is 8.11. The molecule has 4 nitrogen and oxygen atoms in total. The lowest BCUT2D eigenvalue weighted by Gasteiger charge is -2.26. The van der Waals surface area contributed by atoms with Crippen LogP contribution in [0.25, 0.3) is 0 Å². The molecule has 104 valence electrons. The first kappa shape index (κ1) is 14.5. The highest BCUT2D eigenvalue weighted by Crippen LogP contribution is 2.18. The molecule has 0 spiro atoms. The van der Waals surface area contributed by atoms with Crippen molar-refractivity contribution < 1.29 is 4.79 Å². The highest BCUT2D eigenvalue weighted by Gasteiger charge is 2.29. The van der Waals surface area contributed by atoms with Crippen LogP contribution in [0.4, 0.5) is 0 Å². The Labute approximate surface area is 122 Å². The summed E-state index contributed by atoms with van der Waals surface area (Å²) in [4.78, 5) is 20.8. The molecule has 0 saturated carbocycles. The van der Waals surface area contributed by atoms with Crippen molar-refractivity contribution in [1.29, 1.82) is 0 Å². The van der Waals surface area contributed by atoms with Crippen LogP contribution in [0, 0.1) is 0 Å². The lowest BCUT2D eigenvalue weighted by molar-refractivity contribution is 0.0777. The smallest absolute Gasteiger partial charge is 0.255 e. The standard InChI is InChI=1S/C14H20BrN3O/c1-3-17(4-2)12-7-8-18(10-12)14(19)11-5-6-13(15)16-9-11/h5-6,9,12H,3-4,7-8,10H2,1-2H3. The van der Waals surface area contributed by atoms with Crippen molar-refractivity contribution in [2.24, 2.45) is 0 Å². The molecule has 1 aromatic rings. The number of nitrogens with zero attached hydrogens (tertiary/aromatic N) is 3. The quantitative estimate of drug-likeness (QED) is 0.797. The minimum atomic E-state index is 0.0923. The fraction of sp³-hybridized carbons (Fsp3) is 0.571. The van der Waals surface area contributed by atoms with Crippen LogP contribution < -0.4 is 0 Å². The van der Waals surface area contributed by atoms with Crippen LogP contribution in [0.3, 0.4) is 0 Å². The summed E-state index contributed by atoms with van der Waals surface area (Å²) in [6.07, 6.45) is 2.70. The van der Waals surface area contributed by atoms with Crippen molar-refractivity contribution in [3.63, 3.8) is 0 Å². The van der Waals surface area contributed by atoms with Gasteiger partial charge in [0.2, 0.25) is 0 Å². The van der Waals surface area contributed by atoms with E-state index in [1.807, 2.05) is 17.0 Å². The van der Waals surface area contributed by atoms with E-state index in [1.165, 1.54) is 0 Å². The number of likely N-dealkylation sites (tertiary alicyclic amines) is 1. The van der Waals surface area contributed by atoms with Gasteiger partial charge in [0.25, 0.3) is 5.91 Å². The van der Waals surface area contributed by atoms with Crippen LogP contribution in [0.2, 0.25) is 0 Å². The van der Waals surface area contributed by atoms with Crippen LogP contribution in [0.5, 0.6) is 0 Å². The van der Waals surface area contributed by atoms with Crippen molar-refractivity contribution in [3.8, 4) is 0 Å². The van der Waals surface area contributed by atoms with E-state index >= 15 is 0 Å². The van der Waals surface area contributed by atoms with Crippen molar-refractivity contribution >= 4 is 21.8 Å². The lowest BCUT2D eigenvalue weighted by Crippen LogP contribution is -2.38. The van der Waals surface area contributed by atoms with E-state index in [4.69, 9.17) is 0 Å². The number of aromatic nitrogens is 1. The fourth-order valence-corrected chi connectivity index (χ4v) is 2.88. The number of rotatable bonds is 4. The number of pyridine rings is 1. The van der Waals surface area contributed by atoms with Crippen LogP contribution in [0.1, 0.15) is 30.6 Å². The molecule has 1 amide bonds. The van der Waals surface area contributed by atoms with Crippen LogP contribution in [-0.4, -0.2) is 52.9 Å². The van der Waals surface area contributed by atoms with Gasteiger partial charge in [0.15, 0.2) is 0 Å². The monoisotopic (exact) mass is 325 g/mol. The molecule has 0 aromatic carbocycles. The molecule has 2 heterocycles. The topological polar surface area (TPSA) is 36.4 Å². The van der Waals surface area contributed by atoms with E-state index in [9.17, 15) is 4.79 Å². The highest BCUT2D eigenvalue weighted by atomic mass is 79.9. The maximum absolute atomic E-state index is 12.4. The second kappa shape index (κ2) is 6.48. The Morgan fingerprint density at radius 3 is 2.79 bits per heavy atom. The molecule has 2 rings (SSSR count). The first-order valence-corrected chi connectivity index (χ1v) is 7.59. The Morgan fingerprint density at radius 1 is 1.47 bits per heavy atom. The van der Waals surface area contributed by atoms with E-state index in [0.717, 1.165) is 37.2 Å². The number of halogens is 1. The molecule has 1 aromatic heterocycles. The first-order valence-electron chi connectivity index (χ1n) is 6.80. The highest BCUT2D eigenvalue weighted by molar-refractivity contribution is 9.10. The van der Waals surface area contributed by atoms with Gasteiger partial charge in [-0.15, -0.1) is 0 Å². The average Bonchev–Trinajstić information content (AvgIpc) is 2.90. The van der Waals surface area contributed by atoms with Crippen LogP contribution >= 0.6 is 15.9 Å². The lowest BCUT2D eigenvalue weighted by atomic mass is 10.2. The molecule has 5 heteroatoms. The molecule has 1 aliphatic rings. The summed E-state index contributed by atoms with van der Waals surface area (Å²) in [6, 6.07) is 4.14. The number of carbonyl (C=O) groups is 1. The summed E-state index contributed by atoms with van der Waals surface area (Å²) >= 11 is 3.28. The molecule has 1 aliphatic heterocycles. The molecule has 0 N–H and O–H groups in total. The third kappa shape index (κ3) is 3.34. The number of carbonyl (C=O) groups excluding carboxylic acids is 1. The molecule has 0 aliphatic carbocycles. The van der Waals surface area contributed by atoms with Gasteiger partial charge in [-0.05, 0) is 47.6 Å². The maximum Gasteiger partial charge on any atom is 0.255 e. The molecule has 1 atom stereocenters. The maximum atomic E-state index is 12.4. The summed E-state index contributed by atoms with van der Waals surface area (Å²) in [7, 11) is 0. The summed E-state index contributed by atoms with van der Waals surface area (Å²) in [5.41, 5.74) is 0.670. The third-order valence-electron chi connectivity index (χ3n) is 3.75. The van der Waals surface area contributed by atoms with Gasteiger partial charge in [-0.25, -0.2) is 4.98 Å². The van der Waals surface area contributed by atoms with Crippen molar-refractivity contribution in [2.45, 2.75) is 26.3 Å².